The smallest absolute Gasteiger partial charge is 0.334 e. The Balaban J connectivity index is 4.25. The predicted molar refractivity (Wildman–Crippen MR) is 60.9 cm³/mol. The summed E-state index contributed by atoms with van der Waals surface area (Å²) in [5, 5.41) is 0. The first kappa shape index (κ1) is 14.7. The molecule has 0 N–H and O–H groups in total. The maximum atomic E-state index is 11.5. The molecule has 0 aliphatic carbocycles. The predicted octanol–water partition coefficient (Wildman–Crippen LogP) is 2.23. The summed E-state index contributed by atoms with van der Waals surface area (Å²) >= 11 is 0. The molecular weight excluding hydrogens is 208 g/mol. The summed E-state index contributed by atoms with van der Waals surface area (Å²) in [7, 11) is 0. The lowest BCUT2D eigenvalue weighted by molar-refractivity contribution is -0.141. The van der Waals surface area contributed by atoms with Crippen molar-refractivity contribution in [3.05, 3.63) is 11.6 Å². The minimum Gasteiger partial charge on any atom is -0.463 e. The van der Waals surface area contributed by atoms with Crippen LogP contribution in [0.3, 0.4) is 0 Å². The van der Waals surface area contributed by atoms with E-state index in [-0.39, 0.29) is 0 Å². The molecule has 0 fully saturated rings. The quantitative estimate of drug-likeness (QED) is 0.381. The maximum absolute atomic E-state index is 11.5. The Kier molecular flexibility index (Phi) is 8.21. The molecule has 0 saturated carbocycles. The summed E-state index contributed by atoms with van der Waals surface area (Å²) in [5.74, 6) is -0.921. The number of esters is 2. The van der Waals surface area contributed by atoms with E-state index in [9.17, 15) is 9.59 Å². The normalized spacial score (nSPS) is 11.1. The van der Waals surface area contributed by atoms with Gasteiger partial charge in [-0.3, -0.25) is 0 Å². The molecule has 0 heterocycles. The molecule has 0 aromatic rings. The van der Waals surface area contributed by atoms with Crippen LogP contribution in [0.4, 0.5) is 0 Å². The zero-order valence-corrected chi connectivity index (χ0v) is 10.2. The monoisotopic (exact) mass is 228 g/mol. The van der Waals surface area contributed by atoms with Gasteiger partial charge in [-0.1, -0.05) is 20.3 Å². The van der Waals surface area contributed by atoms with E-state index in [1.165, 1.54) is 6.08 Å². The van der Waals surface area contributed by atoms with E-state index in [0.717, 1.165) is 12.8 Å². The van der Waals surface area contributed by atoms with Gasteiger partial charge in [-0.15, -0.1) is 0 Å². The Morgan fingerprint density at radius 3 is 2.31 bits per heavy atom. The number of unbranched alkanes of at least 4 members (excludes halogenated alkanes) is 1. The van der Waals surface area contributed by atoms with Gasteiger partial charge in [-0.2, -0.15) is 0 Å². The van der Waals surface area contributed by atoms with Crippen molar-refractivity contribution in [3.8, 4) is 0 Å². The fourth-order valence-corrected chi connectivity index (χ4v) is 1.03. The minimum atomic E-state index is -0.494. The average Bonchev–Trinajstić information content (AvgIpc) is 2.26. The van der Waals surface area contributed by atoms with Crippen LogP contribution < -0.4 is 0 Å². The molecule has 0 aliphatic rings. The van der Waals surface area contributed by atoms with E-state index >= 15 is 0 Å². The third-order valence-electron chi connectivity index (χ3n) is 1.95. The van der Waals surface area contributed by atoms with Gasteiger partial charge in [0.1, 0.15) is 0 Å². The molecule has 4 heteroatoms. The Morgan fingerprint density at radius 2 is 1.81 bits per heavy atom. The summed E-state index contributed by atoms with van der Waals surface area (Å²) in [6.45, 7) is 6.23. The van der Waals surface area contributed by atoms with Crippen molar-refractivity contribution < 1.29 is 19.1 Å². The maximum Gasteiger partial charge on any atom is 0.334 e. The fraction of sp³-hybridized carbons (Fsp3) is 0.667. The van der Waals surface area contributed by atoms with Crippen molar-refractivity contribution in [3.63, 3.8) is 0 Å². The second kappa shape index (κ2) is 8.95. The van der Waals surface area contributed by atoms with Crippen LogP contribution in [0.2, 0.25) is 0 Å². The van der Waals surface area contributed by atoms with Crippen LogP contribution in [0.15, 0.2) is 11.6 Å². The van der Waals surface area contributed by atoms with Crippen LogP contribution in [0.5, 0.6) is 0 Å². The molecule has 92 valence electrons. The number of ether oxygens (including phenoxy) is 2. The second-order valence-electron chi connectivity index (χ2n) is 3.26. The fourth-order valence-electron chi connectivity index (χ4n) is 1.03. The molecule has 0 bridgehead atoms. The van der Waals surface area contributed by atoms with Crippen molar-refractivity contribution in [2.75, 3.05) is 13.2 Å². The SMILES string of the molecule is CCCCOC(=O)/C(=C\C(=O)OCC)CC. The van der Waals surface area contributed by atoms with E-state index in [4.69, 9.17) is 9.47 Å². The molecular formula is C12H20O4. The van der Waals surface area contributed by atoms with Crippen molar-refractivity contribution in [2.24, 2.45) is 0 Å². The van der Waals surface area contributed by atoms with E-state index in [2.05, 4.69) is 0 Å². The summed E-state index contributed by atoms with van der Waals surface area (Å²) < 4.78 is 9.73. The van der Waals surface area contributed by atoms with Gasteiger partial charge < -0.3 is 9.47 Å². The summed E-state index contributed by atoms with van der Waals surface area (Å²) in [6, 6.07) is 0. The first-order valence-electron chi connectivity index (χ1n) is 5.70. The first-order chi connectivity index (χ1) is 7.65. The highest BCUT2D eigenvalue weighted by Crippen LogP contribution is 2.05. The van der Waals surface area contributed by atoms with Crippen LogP contribution in [-0.4, -0.2) is 25.2 Å². The summed E-state index contributed by atoms with van der Waals surface area (Å²) in [5.41, 5.74) is 0.356. The highest BCUT2D eigenvalue weighted by molar-refractivity contribution is 5.96. The number of carbonyl (C=O) groups excluding carboxylic acids is 2. The van der Waals surface area contributed by atoms with E-state index < -0.39 is 11.9 Å². The van der Waals surface area contributed by atoms with E-state index in [1.54, 1.807) is 13.8 Å². The highest BCUT2D eigenvalue weighted by Gasteiger charge is 2.11. The van der Waals surface area contributed by atoms with Crippen LogP contribution in [-0.2, 0) is 19.1 Å². The summed E-state index contributed by atoms with van der Waals surface area (Å²) in [6.07, 6.45) is 3.47. The Morgan fingerprint density at radius 1 is 1.12 bits per heavy atom. The van der Waals surface area contributed by atoms with Crippen molar-refractivity contribution in [2.45, 2.75) is 40.0 Å². The standard InChI is InChI=1S/C12H20O4/c1-4-7-8-16-12(14)10(5-2)9-11(13)15-6-3/h9H,4-8H2,1-3H3/b10-9-. The zero-order chi connectivity index (χ0) is 12.4. The van der Waals surface area contributed by atoms with Gasteiger partial charge in [0.25, 0.3) is 0 Å². The van der Waals surface area contributed by atoms with Crippen molar-refractivity contribution in [1.82, 2.24) is 0 Å². The zero-order valence-electron chi connectivity index (χ0n) is 10.2. The molecule has 0 aromatic carbocycles. The van der Waals surface area contributed by atoms with Gasteiger partial charge in [-0.25, -0.2) is 9.59 Å². The lowest BCUT2D eigenvalue weighted by atomic mass is 10.2. The van der Waals surface area contributed by atoms with Crippen LogP contribution in [0, 0.1) is 0 Å². The van der Waals surface area contributed by atoms with E-state index in [1.807, 2.05) is 6.92 Å². The average molecular weight is 228 g/mol. The molecule has 0 radical (unpaired) electrons. The van der Waals surface area contributed by atoms with Crippen molar-refractivity contribution in [1.29, 1.82) is 0 Å². The number of hydrogen-bond acceptors (Lipinski definition) is 4. The summed E-state index contributed by atoms with van der Waals surface area (Å²) in [4.78, 5) is 22.6. The highest BCUT2D eigenvalue weighted by atomic mass is 16.5. The molecule has 0 unspecified atom stereocenters. The molecule has 0 spiro atoms. The topological polar surface area (TPSA) is 52.6 Å². The lowest BCUT2D eigenvalue weighted by Crippen LogP contribution is -2.11. The second-order valence-corrected chi connectivity index (χ2v) is 3.26. The van der Waals surface area contributed by atoms with Crippen LogP contribution in [0.25, 0.3) is 0 Å². The molecule has 0 amide bonds. The van der Waals surface area contributed by atoms with Crippen LogP contribution in [0.1, 0.15) is 40.0 Å². The molecule has 4 nitrogen and oxygen atoms in total. The Bertz CT molecular complexity index is 256. The third kappa shape index (κ3) is 6.22. The number of rotatable bonds is 7. The van der Waals surface area contributed by atoms with Crippen LogP contribution >= 0.6 is 0 Å². The Hall–Kier alpha value is -1.32. The molecule has 16 heavy (non-hydrogen) atoms. The third-order valence-corrected chi connectivity index (χ3v) is 1.95. The molecule has 0 saturated heterocycles. The molecule has 0 atom stereocenters. The molecule has 0 rings (SSSR count). The largest absolute Gasteiger partial charge is 0.463 e. The van der Waals surface area contributed by atoms with Gasteiger partial charge >= 0.3 is 11.9 Å². The number of carbonyl (C=O) groups is 2. The van der Waals surface area contributed by atoms with E-state index in [0.29, 0.717) is 25.2 Å². The van der Waals surface area contributed by atoms with Gasteiger partial charge in [-0.05, 0) is 19.8 Å². The van der Waals surface area contributed by atoms with Gasteiger partial charge in [0, 0.05) is 11.6 Å². The first-order valence-corrected chi connectivity index (χ1v) is 5.70. The van der Waals surface area contributed by atoms with Gasteiger partial charge in [0.05, 0.1) is 13.2 Å². The van der Waals surface area contributed by atoms with Gasteiger partial charge in [0.2, 0.25) is 0 Å². The van der Waals surface area contributed by atoms with Crippen molar-refractivity contribution >= 4 is 11.9 Å². The number of hydrogen-bond donors (Lipinski definition) is 0. The lowest BCUT2D eigenvalue weighted by Gasteiger charge is -2.05. The molecule has 0 aromatic heterocycles. The van der Waals surface area contributed by atoms with Gasteiger partial charge in [0.15, 0.2) is 0 Å². The Labute approximate surface area is 96.6 Å². The molecule has 0 aliphatic heterocycles. The minimum absolute atomic E-state index is 0.303.